The van der Waals surface area contributed by atoms with E-state index in [1.807, 2.05) is 0 Å². The fourth-order valence-electron chi connectivity index (χ4n) is 0.913. The van der Waals surface area contributed by atoms with Crippen molar-refractivity contribution in [3.05, 3.63) is 29.8 Å². The Balaban J connectivity index is 2.37. The van der Waals surface area contributed by atoms with Gasteiger partial charge in [-0.1, -0.05) is 17.7 Å². The predicted molar refractivity (Wildman–Crippen MR) is 58.4 cm³/mol. The highest BCUT2D eigenvalue weighted by molar-refractivity contribution is 7.99. The summed E-state index contributed by atoms with van der Waals surface area (Å²) in [4.78, 5) is 1.24. The zero-order valence-corrected chi connectivity index (χ0v) is 8.53. The molecule has 1 aromatic carbocycles. The summed E-state index contributed by atoms with van der Waals surface area (Å²) < 4.78 is 0. The van der Waals surface area contributed by atoms with Gasteiger partial charge in [0.25, 0.3) is 0 Å². The van der Waals surface area contributed by atoms with Crippen LogP contribution in [0.4, 0.5) is 0 Å². The summed E-state index contributed by atoms with van der Waals surface area (Å²) in [5.74, 6) is 1.15. The van der Waals surface area contributed by atoms with Crippen molar-refractivity contribution in [1.82, 2.24) is 0 Å². The average molecular weight is 194 g/mol. The van der Waals surface area contributed by atoms with Gasteiger partial charge in [-0.25, -0.2) is 0 Å². The van der Waals surface area contributed by atoms with E-state index < -0.39 is 0 Å². The molecule has 0 bridgehead atoms. The van der Waals surface area contributed by atoms with Gasteiger partial charge in [0.15, 0.2) is 0 Å². The number of hydrogen-bond acceptors (Lipinski definition) is 2. The minimum atomic E-state index is 0.264. The van der Waals surface area contributed by atoms with Crippen molar-refractivity contribution in [2.24, 2.45) is 5.73 Å². The van der Waals surface area contributed by atoms with Gasteiger partial charge >= 0.3 is 0 Å². The van der Waals surface area contributed by atoms with Crippen LogP contribution in [-0.4, -0.2) is 11.6 Å². The SMILES string of the molecule is Cc1ccc(SCCC(=N)N)cc1. The monoisotopic (exact) mass is 194 g/mol. The topological polar surface area (TPSA) is 49.9 Å². The highest BCUT2D eigenvalue weighted by Crippen LogP contribution is 2.18. The molecule has 3 heteroatoms. The van der Waals surface area contributed by atoms with Crippen LogP contribution in [0.1, 0.15) is 12.0 Å². The smallest absolute Gasteiger partial charge is 0.0913 e. The zero-order valence-electron chi connectivity index (χ0n) is 7.71. The third kappa shape index (κ3) is 3.99. The number of nitrogens with two attached hydrogens (primary N) is 1. The minimum Gasteiger partial charge on any atom is -0.388 e. The van der Waals surface area contributed by atoms with E-state index in [-0.39, 0.29) is 5.84 Å². The molecule has 2 nitrogen and oxygen atoms in total. The third-order valence-corrected chi connectivity index (χ3v) is 2.67. The van der Waals surface area contributed by atoms with E-state index >= 15 is 0 Å². The van der Waals surface area contributed by atoms with E-state index in [1.165, 1.54) is 10.5 Å². The van der Waals surface area contributed by atoms with Crippen LogP contribution in [0.15, 0.2) is 29.2 Å². The molecule has 0 fully saturated rings. The average Bonchev–Trinajstić information content (AvgIpc) is 2.08. The van der Waals surface area contributed by atoms with Crippen molar-refractivity contribution in [3.63, 3.8) is 0 Å². The van der Waals surface area contributed by atoms with Gasteiger partial charge in [0.1, 0.15) is 0 Å². The van der Waals surface area contributed by atoms with Crippen LogP contribution in [0.2, 0.25) is 0 Å². The van der Waals surface area contributed by atoms with E-state index in [0.29, 0.717) is 6.42 Å². The van der Waals surface area contributed by atoms with Gasteiger partial charge in [-0.2, -0.15) is 0 Å². The number of hydrogen-bond donors (Lipinski definition) is 2. The van der Waals surface area contributed by atoms with Crippen molar-refractivity contribution >= 4 is 17.6 Å². The lowest BCUT2D eigenvalue weighted by Gasteiger charge is -2.00. The van der Waals surface area contributed by atoms with Crippen LogP contribution in [0.5, 0.6) is 0 Å². The van der Waals surface area contributed by atoms with Crippen LogP contribution < -0.4 is 5.73 Å². The second-order valence-electron chi connectivity index (χ2n) is 2.94. The van der Waals surface area contributed by atoms with E-state index in [4.69, 9.17) is 11.1 Å². The van der Waals surface area contributed by atoms with E-state index in [0.717, 1.165) is 5.75 Å². The maximum Gasteiger partial charge on any atom is 0.0913 e. The van der Waals surface area contributed by atoms with Gasteiger partial charge in [0.05, 0.1) is 5.84 Å². The van der Waals surface area contributed by atoms with Gasteiger partial charge in [-0.15, -0.1) is 11.8 Å². The van der Waals surface area contributed by atoms with E-state index in [2.05, 4.69) is 31.2 Å². The molecule has 0 heterocycles. The molecule has 3 N–H and O–H groups in total. The molecule has 0 saturated heterocycles. The molecule has 0 aliphatic rings. The van der Waals surface area contributed by atoms with Crippen molar-refractivity contribution in [1.29, 1.82) is 5.41 Å². The summed E-state index contributed by atoms with van der Waals surface area (Å²) in [5.41, 5.74) is 6.52. The molecule has 0 unspecified atom stereocenters. The molecule has 0 aliphatic carbocycles. The zero-order chi connectivity index (χ0) is 9.68. The molecular formula is C10H14N2S. The largest absolute Gasteiger partial charge is 0.388 e. The normalized spacial score (nSPS) is 9.92. The molecule has 0 saturated carbocycles. The Bertz CT molecular complexity index is 279. The number of rotatable bonds is 4. The molecule has 0 spiro atoms. The van der Waals surface area contributed by atoms with Gasteiger partial charge < -0.3 is 5.73 Å². The molecule has 1 aromatic rings. The summed E-state index contributed by atoms with van der Waals surface area (Å²) in [6, 6.07) is 8.38. The fourth-order valence-corrected chi connectivity index (χ4v) is 1.80. The molecule has 0 aromatic heterocycles. The summed E-state index contributed by atoms with van der Waals surface area (Å²) >= 11 is 1.74. The second-order valence-corrected chi connectivity index (χ2v) is 4.11. The Kier molecular flexibility index (Phi) is 3.83. The Labute approximate surface area is 83.0 Å². The summed E-state index contributed by atoms with van der Waals surface area (Å²) in [7, 11) is 0. The summed E-state index contributed by atoms with van der Waals surface area (Å²) in [5, 5.41) is 7.06. The molecule has 13 heavy (non-hydrogen) atoms. The first-order valence-corrected chi connectivity index (χ1v) is 5.19. The maximum absolute atomic E-state index is 7.06. The summed E-state index contributed by atoms with van der Waals surface area (Å²) in [6.45, 7) is 2.07. The van der Waals surface area contributed by atoms with Gasteiger partial charge in [0.2, 0.25) is 0 Å². The van der Waals surface area contributed by atoms with Crippen LogP contribution in [0.3, 0.4) is 0 Å². The second kappa shape index (κ2) is 4.92. The van der Waals surface area contributed by atoms with Crippen LogP contribution in [0, 0.1) is 12.3 Å². The van der Waals surface area contributed by atoms with E-state index in [9.17, 15) is 0 Å². The number of thioether (sulfide) groups is 1. The molecule has 0 amide bonds. The number of amidine groups is 1. The number of nitrogens with one attached hydrogen (secondary N) is 1. The lowest BCUT2D eigenvalue weighted by atomic mass is 10.2. The van der Waals surface area contributed by atoms with Crippen molar-refractivity contribution < 1.29 is 0 Å². The molecule has 1 rings (SSSR count). The van der Waals surface area contributed by atoms with Crippen LogP contribution >= 0.6 is 11.8 Å². The molecule has 0 radical (unpaired) electrons. The van der Waals surface area contributed by atoms with Crippen molar-refractivity contribution in [2.45, 2.75) is 18.2 Å². The quantitative estimate of drug-likeness (QED) is 0.439. The highest BCUT2D eigenvalue weighted by atomic mass is 32.2. The first-order chi connectivity index (χ1) is 6.18. The first kappa shape index (κ1) is 10.1. The molecular weight excluding hydrogens is 180 g/mol. The Morgan fingerprint density at radius 1 is 1.38 bits per heavy atom. The Morgan fingerprint density at radius 2 is 2.00 bits per heavy atom. The minimum absolute atomic E-state index is 0.264. The van der Waals surface area contributed by atoms with Crippen molar-refractivity contribution in [2.75, 3.05) is 5.75 Å². The van der Waals surface area contributed by atoms with Crippen molar-refractivity contribution in [3.8, 4) is 0 Å². The lowest BCUT2D eigenvalue weighted by molar-refractivity contribution is 1.22. The van der Waals surface area contributed by atoms with Crippen LogP contribution in [0.25, 0.3) is 0 Å². The maximum atomic E-state index is 7.06. The van der Waals surface area contributed by atoms with E-state index in [1.54, 1.807) is 11.8 Å². The summed E-state index contributed by atoms with van der Waals surface area (Å²) in [6.07, 6.45) is 0.665. The predicted octanol–water partition coefficient (Wildman–Crippen LogP) is 2.41. The van der Waals surface area contributed by atoms with Gasteiger partial charge in [0, 0.05) is 17.1 Å². The Morgan fingerprint density at radius 3 is 2.54 bits per heavy atom. The first-order valence-electron chi connectivity index (χ1n) is 4.21. The van der Waals surface area contributed by atoms with Crippen LogP contribution in [-0.2, 0) is 0 Å². The molecule has 0 aliphatic heterocycles. The fraction of sp³-hybridized carbons (Fsp3) is 0.300. The molecule has 70 valence electrons. The van der Waals surface area contributed by atoms with Gasteiger partial charge in [-0.3, -0.25) is 5.41 Å². The lowest BCUT2D eigenvalue weighted by Crippen LogP contribution is -2.09. The number of aryl methyl sites for hydroxylation is 1. The standard InChI is InChI=1S/C10H14N2S/c1-8-2-4-9(5-3-8)13-7-6-10(11)12/h2-5H,6-7H2,1H3,(H3,11,12). The van der Waals surface area contributed by atoms with Gasteiger partial charge in [-0.05, 0) is 19.1 Å². The Hall–Kier alpha value is -0.960. The third-order valence-electron chi connectivity index (χ3n) is 1.66. The highest BCUT2D eigenvalue weighted by Gasteiger charge is 1.94. The molecule has 0 atom stereocenters. The number of benzene rings is 1.